The number of pyridine rings is 1. The molecule has 226 valence electrons. The van der Waals surface area contributed by atoms with Gasteiger partial charge < -0.3 is 9.47 Å². The van der Waals surface area contributed by atoms with Gasteiger partial charge >= 0.3 is 0 Å². The molecule has 3 heteroatoms. The Morgan fingerprint density at radius 1 is 0.660 bits per heavy atom. The number of aromatic nitrogens is 2. The van der Waals surface area contributed by atoms with E-state index in [2.05, 4.69) is 169 Å². The van der Waals surface area contributed by atoms with Gasteiger partial charge in [-0.1, -0.05) is 98.8 Å². The summed E-state index contributed by atoms with van der Waals surface area (Å²) in [4.78, 5) is 7.26. The number of allylic oxidation sites excluding steroid dienone is 4. The molecule has 3 nitrogen and oxygen atoms in total. The molecular formula is C44H35N3. The molecule has 7 aromatic rings. The standard InChI is InChI=1S/C44H35N3/c1-44(2)39-17-10-9-16-36(39)37-25-24-35(29-40(37)44)46(32-12-5-3-6-13-32)34-22-19-30(20-23-34)31-21-26-41-38(28-31)43-42(18-11-27-45-43)47(41)33-14-7-4-8-15-33/h3-28,40H,29H2,1-2H3. The van der Waals surface area contributed by atoms with E-state index < -0.39 is 0 Å². The van der Waals surface area contributed by atoms with Gasteiger partial charge in [-0.05, 0) is 112 Å². The molecule has 0 radical (unpaired) electrons. The molecule has 0 N–H and O–H groups in total. The van der Waals surface area contributed by atoms with Crippen LogP contribution in [0.3, 0.4) is 0 Å². The summed E-state index contributed by atoms with van der Waals surface area (Å²) in [5.74, 6) is 0.434. The minimum Gasteiger partial charge on any atom is -0.314 e. The number of para-hydroxylation sites is 2. The topological polar surface area (TPSA) is 21.1 Å². The smallest absolute Gasteiger partial charge is 0.0963 e. The van der Waals surface area contributed by atoms with Crippen molar-refractivity contribution in [3.05, 3.63) is 175 Å². The maximum Gasteiger partial charge on any atom is 0.0963 e. The second kappa shape index (κ2) is 10.7. The molecule has 9 rings (SSSR count). The van der Waals surface area contributed by atoms with Crippen LogP contribution in [-0.2, 0) is 5.41 Å². The van der Waals surface area contributed by atoms with Crippen LogP contribution in [0, 0.1) is 5.92 Å². The zero-order chi connectivity index (χ0) is 31.5. The monoisotopic (exact) mass is 605 g/mol. The van der Waals surface area contributed by atoms with E-state index in [1.165, 1.54) is 44.9 Å². The Hall–Kier alpha value is -5.67. The molecule has 2 aromatic heterocycles. The number of benzene rings is 5. The van der Waals surface area contributed by atoms with E-state index in [-0.39, 0.29) is 5.41 Å². The van der Waals surface area contributed by atoms with Crippen molar-refractivity contribution in [2.45, 2.75) is 25.7 Å². The Kier molecular flexibility index (Phi) is 6.29. The van der Waals surface area contributed by atoms with Gasteiger partial charge in [0, 0.05) is 34.3 Å². The van der Waals surface area contributed by atoms with Gasteiger partial charge in [-0.3, -0.25) is 4.98 Å². The van der Waals surface area contributed by atoms with Crippen LogP contribution >= 0.6 is 0 Å². The Morgan fingerprint density at radius 2 is 1.36 bits per heavy atom. The van der Waals surface area contributed by atoms with Gasteiger partial charge in [0.15, 0.2) is 0 Å². The van der Waals surface area contributed by atoms with Crippen molar-refractivity contribution < 1.29 is 0 Å². The fraction of sp³-hybridized carbons (Fsp3) is 0.114. The largest absolute Gasteiger partial charge is 0.314 e. The summed E-state index contributed by atoms with van der Waals surface area (Å²) in [5.41, 5.74) is 14.9. The van der Waals surface area contributed by atoms with Crippen LogP contribution in [0.25, 0.3) is 44.3 Å². The Bertz CT molecular complexity index is 2340. The average Bonchev–Trinajstić information content (AvgIpc) is 3.58. The van der Waals surface area contributed by atoms with Gasteiger partial charge in [0.1, 0.15) is 0 Å². The van der Waals surface area contributed by atoms with Crippen molar-refractivity contribution in [2.24, 2.45) is 5.92 Å². The predicted molar refractivity (Wildman–Crippen MR) is 196 cm³/mol. The Balaban J connectivity index is 1.11. The molecule has 0 spiro atoms. The molecule has 0 bridgehead atoms. The maximum absolute atomic E-state index is 4.82. The van der Waals surface area contributed by atoms with Crippen molar-refractivity contribution in [3.8, 4) is 16.8 Å². The lowest BCUT2D eigenvalue weighted by molar-refractivity contribution is 0.406. The lowest BCUT2D eigenvalue weighted by Gasteiger charge is -2.36. The maximum atomic E-state index is 4.82. The molecule has 1 atom stereocenters. The quantitative estimate of drug-likeness (QED) is 0.195. The van der Waals surface area contributed by atoms with Crippen LogP contribution in [0.4, 0.5) is 11.4 Å². The summed E-state index contributed by atoms with van der Waals surface area (Å²) in [6.45, 7) is 4.82. The third kappa shape index (κ3) is 4.38. The van der Waals surface area contributed by atoms with Crippen LogP contribution in [0.2, 0.25) is 0 Å². The highest BCUT2D eigenvalue weighted by atomic mass is 15.1. The molecule has 0 fully saturated rings. The minimum atomic E-state index is 0.0747. The van der Waals surface area contributed by atoms with Gasteiger partial charge in [0.05, 0.1) is 16.6 Å². The number of anilines is 2. The molecule has 2 aliphatic rings. The van der Waals surface area contributed by atoms with Gasteiger partial charge in [-0.2, -0.15) is 0 Å². The molecule has 47 heavy (non-hydrogen) atoms. The van der Waals surface area contributed by atoms with E-state index in [0.717, 1.165) is 34.0 Å². The summed E-state index contributed by atoms with van der Waals surface area (Å²) >= 11 is 0. The molecule has 2 aliphatic carbocycles. The molecule has 0 saturated carbocycles. The van der Waals surface area contributed by atoms with Crippen molar-refractivity contribution in [1.82, 2.24) is 9.55 Å². The normalized spacial score (nSPS) is 16.4. The van der Waals surface area contributed by atoms with Crippen LogP contribution < -0.4 is 4.90 Å². The Labute approximate surface area is 275 Å². The van der Waals surface area contributed by atoms with E-state index in [4.69, 9.17) is 4.98 Å². The molecule has 1 unspecified atom stereocenters. The molecule has 2 heterocycles. The van der Waals surface area contributed by atoms with E-state index in [0.29, 0.717) is 5.92 Å². The van der Waals surface area contributed by atoms with E-state index in [1.54, 1.807) is 0 Å². The van der Waals surface area contributed by atoms with Crippen LogP contribution in [0.1, 0.15) is 31.4 Å². The summed E-state index contributed by atoms with van der Waals surface area (Å²) in [5, 5.41) is 1.16. The van der Waals surface area contributed by atoms with Gasteiger partial charge in [-0.15, -0.1) is 0 Å². The second-order valence-electron chi connectivity index (χ2n) is 13.3. The van der Waals surface area contributed by atoms with Crippen molar-refractivity contribution in [2.75, 3.05) is 4.90 Å². The van der Waals surface area contributed by atoms with Crippen molar-refractivity contribution in [3.63, 3.8) is 0 Å². The highest BCUT2D eigenvalue weighted by Gasteiger charge is 2.44. The van der Waals surface area contributed by atoms with Gasteiger partial charge in [0.2, 0.25) is 0 Å². The number of hydrogen-bond acceptors (Lipinski definition) is 2. The molecular weight excluding hydrogens is 571 g/mol. The van der Waals surface area contributed by atoms with Crippen molar-refractivity contribution >= 4 is 38.9 Å². The summed E-state index contributed by atoms with van der Waals surface area (Å²) in [6.07, 6.45) is 7.59. The first-order valence-corrected chi connectivity index (χ1v) is 16.5. The highest BCUT2D eigenvalue weighted by Crippen LogP contribution is 2.54. The number of hydrogen-bond donors (Lipinski definition) is 0. The number of fused-ring (bicyclic) bond motifs is 6. The van der Waals surface area contributed by atoms with Gasteiger partial charge in [-0.25, -0.2) is 0 Å². The van der Waals surface area contributed by atoms with E-state index >= 15 is 0 Å². The average molecular weight is 606 g/mol. The van der Waals surface area contributed by atoms with Crippen LogP contribution in [0.15, 0.2) is 164 Å². The number of rotatable bonds is 5. The first-order chi connectivity index (χ1) is 23.1. The SMILES string of the molecule is CC1(C)c2ccccc2C2=CC=C(N(c3ccccc3)c3ccc(-c4ccc5c(c4)c4ncccc4n5-c4ccccc4)cc3)CC21. The van der Waals surface area contributed by atoms with E-state index in [1.807, 2.05) is 12.3 Å². The predicted octanol–water partition coefficient (Wildman–Crippen LogP) is 11.3. The zero-order valence-corrected chi connectivity index (χ0v) is 26.6. The fourth-order valence-electron chi connectivity index (χ4n) is 7.99. The summed E-state index contributed by atoms with van der Waals surface area (Å²) in [6, 6.07) is 50.3. The lowest BCUT2D eigenvalue weighted by Crippen LogP contribution is -2.28. The van der Waals surface area contributed by atoms with Crippen molar-refractivity contribution in [1.29, 1.82) is 0 Å². The van der Waals surface area contributed by atoms with Crippen LogP contribution in [-0.4, -0.2) is 9.55 Å². The lowest BCUT2D eigenvalue weighted by atomic mass is 9.74. The molecule has 0 saturated heterocycles. The molecule has 0 aliphatic heterocycles. The first-order valence-electron chi connectivity index (χ1n) is 16.5. The molecule has 0 amide bonds. The zero-order valence-electron chi connectivity index (χ0n) is 26.6. The van der Waals surface area contributed by atoms with Gasteiger partial charge in [0.25, 0.3) is 0 Å². The fourth-order valence-corrected chi connectivity index (χ4v) is 7.99. The third-order valence-corrected chi connectivity index (χ3v) is 10.3. The number of nitrogens with zero attached hydrogens (tertiary/aromatic N) is 3. The Morgan fingerprint density at radius 3 is 2.17 bits per heavy atom. The molecule has 5 aromatic carbocycles. The summed E-state index contributed by atoms with van der Waals surface area (Å²) < 4.78 is 2.31. The third-order valence-electron chi connectivity index (χ3n) is 10.3. The summed E-state index contributed by atoms with van der Waals surface area (Å²) in [7, 11) is 0. The highest BCUT2D eigenvalue weighted by molar-refractivity contribution is 6.08. The first kappa shape index (κ1) is 27.6. The second-order valence-corrected chi connectivity index (χ2v) is 13.3. The minimum absolute atomic E-state index is 0.0747. The van der Waals surface area contributed by atoms with E-state index in [9.17, 15) is 0 Å². The van der Waals surface area contributed by atoms with Crippen LogP contribution in [0.5, 0.6) is 0 Å².